The molecule has 0 bridgehead atoms. The second-order valence-electron chi connectivity index (χ2n) is 8.90. The van der Waals surface area contributed by atoms with Gasteiger partial charge in [-0.25, -0.2) is 0 Å². The third-order valence-electron chi connectivity index (χ3n) is 3.36. The molecule has 1 saturated heterocycles. The largest absolute Gasteiger partial charge is 0.519 e. The summed E-state index contributed by atoms with van der Waals surface area (Å²) in [6.07, 6.45) is 0.951. The highest BCUT2D eigenvalue weighted by atomic mass is 28.4. The fourth-order valence-electron chi connectivity index (χ4n) is 2.74. The molecule has 21 heavy (non-hydrogen) atoms. The van der Waals surface area contributed by atoms with Crippen LogP contribution in [0.25, 0.3) is 0 Å². The van der Waals surface area contributed by atoms with Crippen molar-refractivity contribution in [3.8, 4) is 0 Å². The minimum absolute atomic E-state index is 0.00671. The van der Waals surface area contributed by atoms with Crippen molar-refractivity contribution in [1.82, 2.24) is 4.57 Å². The van der Waals surface area contributed by atoms with Crippen molar-refractivity contribution in [2.75, 3.05) is 6.54 Å². The number of rotatable bonds is 5. The van der Waals surface area contributed by atoms with Crippen molar-refractivity contribution in [2.24, 2.45) is 0 Å². The third kappa shape index (κ3) is 5.97. The Morgan fingerprint density at radius 2 is 1.48 bits per heavy atom. The van der Waals surface area contributed by atoms with Crippen LogP contribution in [-0.4, -0.2) is 54.1 Å². The lowest BCUT2D eigenvalue weighted by Gasteiger charge is -2.38. The van der Waals surface area contributed by atoms with Crippen LogP contribution in [0, 0.1) is 0 Å². The molecule has 7 heteroatoms. The summed E-state index contributed by atoms with van der Waals surface area (Å²) in [5.41, 5.74) is 0. The van der Waals surface area contributed by atoms with Crippen LogP contribution in [0.5, 0.6) is 0 Å². The highest BCUT2D eigenvalue weighted by Gasteiger charge is 2.47. The van der Waals surface area contributed by atoms with Gasteiger partial charge in [-0.3, -0.25) is 4.79 Å². The summed E-state index contributed by atoms with van der Waals surface area (Å²) in [5.74, 6) is -0.0580. The van der Waals surface area contributed by atoms with E-state index in [0.717, 1.165) is 13.0 Å². The zero-order valence-corrected chi connectivity index (χ0v) is 18.2. The SMILES string of the molecule is C[Si](C)(C)OC(=O)C1C(O[Si](C)(C)C)CCN1[Si](C)(C)C. The molecule has 1 rings (SSSR count). The van der Waals surface area contributed by atoms with Crippen LogP contribution < -0.4 is 0 Å². The molecule has 1 aliphatic heterocycles. The summed E-state index contributed by atoms with van der Waals surface area (Å²) in [6, 6.07) is -0.199. The Balaban J connectivity index is 2.98. The van der Waals surface area contributed by atoms with Gasteiger partial charge in [0, 0.05) is 0 Å². The quantitative estimate of drug-likeness (QED) is 0.714. The highest BCUT2D eigenvalue weighted by Crippen LogP contribution is 2.30. The summed E-state index contributed by atoms with van der Waals surface area (Å²) in [6.45, 7) is 20.6. The number of nitrogens with zero attached hydrogens (tertiary/aromatic N) is 1. The van der Waals surface area contributed by atoms with E-state index in [1.165, 1.54) is 0 Å². The van der Waals surface area contributed by atoms with Gasteiger partial charge in [0.2, 0.25) is 8.32 Å². The van der Waals surface area contributed by atoms with E-state index in [2.05, 4.69) is 63.5 Å². The van der Waals surface area contributed by atoms with Gasteiger partial charge in [0.25, 0.3) is 0 Å². The van der Waals surface area contributed by atoms with Gasteiger partial charge in [0.1, 0.15) is 14.3 Å². The molecule has 0 N–H and O–H groups in total. The van der Waals surface area contributed by atoms with Gasteiger partial charge in [-0.1, -0.05) is 19.6 Å². The van der Waals surface area contributed by atoms with E-state index in [9.17, 15) is 4.79 Å². The van der Waals surface area contributed by atoms with Crippen molar-refractivity contribution in [3.05, 3.63) is 0 Å². The number of carbonyl (C=O) groups excluding carboxylic acids is 1. The second-order valence-corrected chi connectivity index (χ2v) is 22.7. The van der Waals surface area contributed by atoms with Crippen LogP contribution in [0.3, 0.4) is 0 Å². The summed E-state index contributed by atoms with van der Waals surface area (Å²) in [7, 11) is -5.09. The minimum atomic E-state index is -1.87. The Morgan fingerprint density at radius 3 is 1.86 bits per heavy atom. The number of hydrogen-bond acceptors (Lipinski definition) is 4. The maximum atomic E-state index is 12.7. The molecule has 124 valence electrons. The molecule has 1 aliphatic rings. The summed E-state index contributed by atoms with van der Waals surface area (Å²) < 4.78 is 14.5. The van der Waals surface area contributed by atoms with Gasteiger partial charge < -0.3 is 13.4 Å². The van der Waals surface area contributed by atoms with Crippen molar-refractivity contribution >= 4 is 30.8 Å². The summed E-state index contributed by atoms with van der Waals surface area (Å²) in [5, 5.41) is 0. The fourth-order valence-corrected chi connectivity index (χ4v) is 6.52. The van der Waals surface area contributed by atoms with E-state index in [0.29, 0.717) is 0 Å². The molecule has 0 aromatic rings. The molecular weight excluding hydrogens is 314 g/mol. The van der Waals surface area contributed by atoms with Gasteiger partial charge in [-0.2, -0.15) is 0 Å². The maximum absolute atomic E-state index is 12.7. The maximum Gasteiger partial charge on any atom is 0.312 e. The molecule has 0 aliphatic carbocycles. The first-order valence-electron chi connectivity index (χ1n) is 7.88. The van der Waals surface area contributed by atoms with Gasteiger partial charge >= 0.3 is 5.97 Å². The zero-order valence-electron chi connectivity index (χ0n) is 15.2. The lowest BCUT2D eigenvalue weighted by Crippen LogP contribution is -2.56. The first-order chi connectivity index (χ1) is 9.21. The molecule has 0 aromatic heterocycles. The predicted molar refractivity (Wildman–Crippen MR) is 96.1 cm³/mol. The van der Waals surface area contributed by atoms with Crippen LogP contribution in [0.2, 0.25) is 58.9 Å². The lowest BCUT2D eigenvalue weighted by molar-refractivity contribution is -0.141. The first-order valence-corrected chi connectivity index (χ1v) is 18.1. The standard InChI is InChI=1S/C14H33NO3Si3/c1-19(2,3)15-11-10-12(17-20(4,5)6)13(15)14(16)18-21(7,8)9/h12-13H,10-11H2,1-9H3. The van der Waals surface area contributed by atoms with E-state index in [1.807, 2.05) is 0 Å². The van der Waals surface area contributed by atoms with Gasteiger partial charge in [-0.05, 0) is 52.2 Å². The Labute approximate surface area is 133 Å². The molecule has 0 amide bonds. The average Bonchev–Trinajstić information content (AvgIpc) is 2.54. The smallest absolute Gasteiger partial charge is 0.312 e. The van der Waals surface area contributed by atoms with Crippen LogP contribution in [0.15, 0.2) is 0 Å². The highest BCUT2D eigenvalue weighted by molar-refractivity contribution is 6.74. The Hall–Kier alpha value is 0.0406. The van der Waals surface area contributed by atoms with Crippen molar-refractivity contribution in [1.29, 1.82) is 0 Å². The molecule has 2 atom stereocenters. The van der Waals surface area contributed by atoms with Gasteiger partial charge in [0.05, 0.1) is 6.10 Å². The van der Waals surface area contributed by atoms with Gasteiger partial charge in [-0.15, -0.1) is 0 Å². The lowest BCUT2D eigenvalue weighted by atomic mass is 10.2. The van der Waals surface area contributed by atoms with Crippen LogP contribution in [-0.2, 0) is 13.6 Å². The summed E-state index contributed by atoms with van der Waals surface area (Å²) in [4.78, 5) is 12.7. The molecule has 0 spiro atoms. The zero-order chi connectivity index (χ0) is 16.6. The Morgan fingerprint density at radius 1 is 0.952 bits per heavy atom. The fraction of sp³-hybridized carbons (Fsp3) is 0.929. The molecule has 0 radical (unpaired) electrons. The predicted octanol–water partition coefficient (Wildman–Crippen LogP) is 3.49. The third-order valence-corrected chi connectivity index (χ3v) is 7.41. The Kier molecular flexibility index (Phi) is 5.70. The molecular formula is C14H33NO3Si3. The van der Waals surface area contributed by atoms with E-state index in [-0.39, 0.29) is 18.1 Å². The topological polar surface area (TPSA) is 38.8 Å². The van der Waals surface area contributed by atoms with E-state index in [1.54, 1.807) is 0 Å². The molecule has 0 aromatic carbocycles. The van der Waals surface area contributed by atoms with E-state index in [4.69, 9.17) is 8.85 Å². The Bertz CT molecular complexity index is 382. The summed E-state index contributed by atoms with van der Waals surface area (Å²) >= 11 is 0. The monoisotopic (exact) mass is 347 g/mol. The first kappa shape index (κ1) is 19.1. The van der Waals surface area contributed by atoms with Crippen LogP contribution >= 0.6 is 0 Å². The molecule has 2 unspecified atom stereocenters. The van der Waals surface area contributed by atoms with Gasteiger partial charge in [0.15, 0.2) is 8.32 Å². The second kappa shape index (κ2) is 6.27. The van der Waals surface area contributed by atoms with Crippen LogP contribution in [0.4, 0.5) is 0 Å². The van der Waals surface area contributed by atoms with E-state index >= 15 is 0 Å². The molecule has 1 fully saturated rings. The van der Waals surface area contributed by atoms with Crippen molar-refractivity contribution in [3.63, 3.8) is 0 Å². The number of hydrogen-bond donors (Lipinski definition) is 0. The normalized spacial score (nSPS) is 25.2. The average molecular weight is 348 g/mol. The minimum Gasteiger partial charge on any atom is -0.519 e. The van der Waals surface area contributed by atoms with Crippen molar-refractivity contribution in [2.45, 2.75) is 77.5 Å². The van der Waals surface area contributed by atoms with Crippen molar-refractivity contribution < 1.29 is 13.6 Å². The molecule has 1 heterocycles. The number of carbonyl (C=O) groups is 1. The van der Waals surface area contributed by atoms with E-state index < -0.39 is 24.9 Å². The van der Waals surface area contributed by atoms with Crippen LogP contribution in [0.1, 0.15) is 6.42 Å². The molecule has 0 saturated carbocycles. The molecule has 4 nitrogen and oxygen atoms in total.